The molecule has 0 aromatic heterocycles. The number of nitrogens with two attached hydrogens (primary N) is 1. The molecule has 1 amide bonds. The minimum atomic E-state index is -1.28. The quantitative estimate of drug-likeness (QED) is 0.599. The van der Waals surface area contributed by atoms with E-state index in [9.17, 15) is 14.4 Å². The fourth-order valence-corrected chi connectivity index (χ4v) is 2.45. The number of carboxylic acid groups (broad SMARTS) is 1. The van der Waals surface area contributed by atoms with Crippen molar-refractivity contribution < 1.29 is 24.2 Å². The van der Waals surface area contributed by atoms with Gasteiger partial charge in [-0.25, -0.2) is 4.79 Å². The second-order valence-corrected chi connectivity index (χ2v) is 5.34. The van der Waals surface area contributed by atoms with Crippen molar-refractivity contribution in [1.29, 1.82) is 0 Å². The second kappa shape index (κ2) is 7.23. The fourth-order valence-electron chi connectivity index (χ4n) is 2.45. The lowest BCUT2D eigenvalue weighted by molar-refractivity contribution is -0.148. The van der Waals surface area contributed by atoms with Crippen LogP contribution < -0.4 is 11.1 Å². The lowest BCUT2D eigenvalue weighted by Gasteiger charge is -2.33. The predicted molar refractivity (Wildman–Crippen MR) is 70.8 cm³/mol. The number of amides is 1. The van der Waals surface area contributed by atoms with Crippen molar-refractivity contribution in [2.75, 3.05) is 7.11 Å². The normalized spacial score (nSPS) is 18.9. The van der Waals surface area contributed by atoms with Crippen LogP contribution in [0.15, 0.2) is 0 Å². The number of hydrogen-bond acceptors (Lipinski definition) is 5. The molecule has 0 spiro atoms. The maximum Gasteiger partial charge on any atom is 0.326 e. The highest BCUT2D eigenvalue weighted by atomic mass is 16.5. The van der Waals surface area contributed by atoms with E-state index in [0.717, 1.165) is 32.1 Å². The zero-order valence-corrected chi connectivity index (χ0v) is 11.7. The molecule has 0 saturated heterocycles. The molecule has 7 heteroatoms. The molecule has 7 nitrogen and oxygen atoms in total. The minimum Gasteiger partial charge on any atom is -0.480 e. The van der Waals surface area contributed by atoms with Crippen molar-refractivity contribution in [3.8, 4) is 0 Å². The average molecular weight is 286 g/mol. The first-order valence-electron chi connectivity index (χ1n) is 6.74. The maximum atomic E-state index is 11.9. The van der Waals surface area contributed by atoms with E-state index in [1.807, 2.05) is 0 Å². The number of nitrogens with one attached hydrogen (secondary N) is 1. The summed E-state index contributed by atoms with van der Waals surface area (Å²) in [6.45, 7) is 0. The molecule has 0 bridgehead atoms. The van der Waals surface area contributed by atoms with E-state index in [-0.39, 0.29) is 6.42 Å². The molecule has 0 aromatic carbocycles. The average Bonchev–Trinajstić information content (AvgIpc) is 2.37. The Morgan fingerprint density at radius 1 is 1.30 bits per heavy atom. The predicted octanol–water partition coefficient (Wildman–Crippen LogP) is 0.171. The largest absolute Gasteiger partial charge is 0.480 e. The SMILES string of the molecule is COC(=O)C[C@H](NC(=O)CC1(N)CCCCC1)C(=O)O. The molecule has 1 aliphatic carbocycles. The first-order chi connectivity index (χ1) is 9.36. The van der Waals surface area contributed by atoms with Gasteiger partial charge < -0.3 is 20.9 Å². The second-order valence-electron chi connectivity index (χ2n) is 5.34. The molecular formula is C13H22N2O5. The van der Waals surface area contributed by atoms with Crippen LogP contribution in [-0.2, 0) is 19.1 Å². The summed E-state index contributed by atoms with van der Waals surface area (Å²) in [6.07, 6.45) is 4.28. The molecule has 4 N–H and O–H groups in total. The summed E-state index contributed by atoms with van der Waals surface area (Å²) < 4.78 is 4.40. The van der Waals surface area contributed by atoms with Crippen LogP contribution in [0.4, 0.5) is 0 Å². The highest BCUT2D eigenvalue weighted by molar-refractivity contribution is 5.87. The summed E-state index contributed by atoms with van der Waals surface area (Å²) in [6, 6.07) is -1.28. The smallest absolute Gasteiger partial charge is 0.326 e. The summed E-state index contributed by atoms with van der Waals surface area (Å²) >= 11 is 0. The van der Waals surface area contributed by atoms with Crippen molar-refractivity contribution >= 4 is 17.8 Å². The van der Waals surface area contributed by atoms with Crippen molar-refractivity contribution in [3.63, 3.8) is 0 Å². The molecule has 1 fully saturated rings. The van der Waals surface area contributed by atoms with Crippen LogP contribution in [0.25, 0.3) is 0 Å². The molecule has 0 heterocycles. The number of hydrogen-bond donors (Lipinski definition) is 3. The third kappa shape index (κ3) is 5.16. The van der Waals surface area contributed by atoms with Gasteiger partial charge in [0.2, 0.25) is 5.91 Å². The third-order valence-electron chi connectivity index (χ3n) is 3.59. The van der Waals surface area contributed by atoms with Gasteiger partial charge in [-0.2, -0.15) is 0 Å². The Bertz CT molecular complexity index is 377. The highest BCUT2D eigenvalue weighted by Crippen LogP contribution is 2.28. The van der Waals surface area contributed by atoms with E-state index in [1.165, 1.54) is 7.11 Å². The monoisotopic (exact) mass is 286 g/mol. The molecule has 1 rings (SSSR count). The van der Waals surface area contributed by atoms with E-state index >= 15 is 0 Å². The Hall–Kier alpha value is -1.63. The number of carbonyl (C=O) groups excluding carboxylic acids is 2. The van der Waals surface area contributed by atoms with Crippen molar-refractivity contribution in [3.05, 3.63) is 0 Å². The van der Waals surface area contributed by atoms with Gasteiger partial charge in [0.25, 0.3) is 0 Å². The number of methoxy groups -OCH3 is 1. The summed E-state index contributed by atoms with van der Waals surface area (Å²) in [5.74, 6) is -2.39. The van der Waals surface area contributed by atoms with Gasteiger partial charge in [-0.3, -0.25) is 9.59 Å². The van der Waals surface area contributed by atoms with Gasteiger partial charge in [0, 0.05) is 12.0 Å². The fraction of sp³-hybridized carbons (Fsp3) is 0.769. The first kappa shape index (κ1) is 16.4. The number of ether oxygens (including phenoxy) is 1. The molecule has 0 unspecified atom stereocenters. The van der Waals surface area contributed by atoms with E-state index < -0.39 is 35.8 Å². The molecule has 0 aromatic rings. The van der Waals surface area contributed by atoms with Gasteiger partial charge in [-0.1, -0.05) is 19.3 Å². The highest BCUT2D eigenvalue weighted by Gasteiger charge is 2.32. The van der Waals surface area contributed by atoms with E-state index in [4.69, 9.17) is 10.8 Å². The molecule has 1 aliphatic rings. The number of aliphatic carboxylic acids is 1. The standard InChI is InChI=1S/C13H22N2O5/c1-20-11(17)7-9(12(18)19)15-10(16)8-13(14)5-3-2-4-6-13/h9H,2-8,14H2,1H3,(H,15,16)(H,18,19)/t9-/m0/s1. The zero-order chi connectivity index (χ0) is 15.2. The third-order valence-corrected chi connectivity index (χ3v) is 3.59. The van der Waals surface area contributed by atoms with Gasteiger partial charge in [0.05, 0.1) is 13.5 Å². The Labute approximate surface area is 117 Å². The number of esters is 1. The molecule has 20 heavy (non-hydrogen) atoms. The summed E-state index contributed by atoms with van der Waals surface area (Å²) in [5.41, 5.74) is 5.58. The Balaban J connectivity index is 2.53. The van der Waals surface area contributed by atoms with E-state index in [1.54, 1.807) is 0 Å². The molecule has 1 saturated carbocycles. The summed E-state index contributed by atoms with van der Waals surface area (Å²) in [5, 5.41) is 11.3. The van der Waals surface area contributed by atoms with E-state index in [2.05, 4.69) is 10.1 Å². The van der Waals surface area contributed by atoms with Crippen LogP contribution in [-0.4, -0.2) is 41.6 Å². The van der Waals surface area contributed by atoms with Crippen LogP contribution in [0.5, 0.6) is 0 Å². The van der Waals surface area contributed by atoms with Gasteiger partial charge in [0.1, 0.15) is 6.04 Å². The van der Waals surface area contributed by atoms with Crippen LogP contribution in [0.1, 0.15) is 44.9 Å². The van der Waals surface area contributed by atoms with Crippen molar-refractivity contribution in [2.24, 2.45) is 5.73 Å². The molecule has 0 aliphatic heterocycles. The van der Waals surface area contributed by atoms with Crippen LogP contribution in [0.3, 0.4) is 0 Å². The van der Waals surface area contributed by atoms with Gasteiger partial charge in [-0.15, -0.1) is 0 Å². The number of carbonyl (C=O) groups is 3. The van der Waals surface area contributed by atoms with Crippen molar-refractivity contribution in [2.45, 2.75) is 56.5 Å². The lowest BCUT2D eigenvalue weighted by Crippen LogP contribution is -2.49. The Morgan fingerprint density at radius 3 is 2.40 bits per heavy atom. The van der Waals surface area contributed by atoms with Gasteiger partial charge >= 0.3 is 11.9 Å². The van der Waals surface area contributed by atoms with Crippen LogP contribution in [0, 0.1) is 0 Å². The maximum absolute atomic E-state index is 11.9. The molecule has 1 atom stereocenters. The topological polar surface area (TPSA) is 119 Å². The Morgan fingerprint density at radius 2 is 1.90 bits per heavy atom. The molecular weight excluding hydrogens is 264 g/mol. The van der Waals surface area contributed by atoms with Crippen LogP contribution >= 0.6 is 0 Å². The Kier molecular flexibility index (Phi) is 5.94. The van der Waals surface area contributed by atoms with Crippen molar-refractivity contribution in [1.82, 2.24) is 5.32 Å². The minimum absolute atomic E-state index is 0.0813. The van der Waals surface area contributed by atoms with Gasteiger partial charge in [0.15, 0.2) is 0 Å². The molecule has 0 radical (unpaired) electrons. The first-order valence-corrected chi connectivity index (χ1v) is 6.74. The summed E-state index contributed by atoms with van der Waals surface area (Å²) in [7, 11) is 1.17. The van der Waals surface area contributed by atoms with E-state index in [0.29, 0.717) is 0 Å². The summed E-state index contributed by atoms with van der Waals surface area (Å²) in [4.78, 5) is 34.0. The lowest BCUT2D eigenvalue weighted by atomic mass is 9.80. The van der Waals surface area contributed by atoms with Crippen LogP contribution in [0.2, 0.25) is 0 Å². The number of carboxylic acids is 1. The zero-order valence-electron chi connectivity index (χ0n) is 11.7. The number of rotatable bonds is 6. The molecule has 114 valence electrons. The van der Waals surface area contributed by atoms with Gasteiger partial charge in [-0.05, 0) is 12.8 Å².